The Balaban J connectivity index is 1.89. The highest BCUT2D eigenvalue weighted by Crippen LogP contribution is 2.26. The molecule has 1 aromatic carbocycles. The molecular formula is C20H29NO5. The van der Waals surface area contributed by atoms with Crippen LogP contribution < -0.4 is 10.1 Å². The topological polar surface area (TPSA) is 84.9 Å². The molecule has 1 saturated heterocycles. The van der Waals surface area contributed by atoms with Crippen LogP contribution in [0.3, 0.4) is 0 Å². The van der Waals surface area contributed by atoms with Crippen LogP contribution in [0.1, 0.15) is 44.1 Å². The Morgan fingerprint density at radius 1 is 1.27 bits per heavy atom. The fraction of sp³-hybridized carbons (Fsp3) is 0.600. The van der Waals surface area contributed by atoms with Crippen molar-refractivity contribution in [3.8, 4) is 5.75 Å². The van der Waals surface area contributed by atoms with Crippen molar-refractivity contribution >= 4 is 11.9 Å². The number of rotatable bonds is 9. The molecule has 1 heterocycles. The van der Waals surface area contributed by atoms with Crippen molar-refractivity contribution in [3.63, 3.8) is 0 Å². The largest absolute Gasteiger partial charge is 0.497 e. The molecule has 144 valence electrons. The number of hydrogen-bond acceptors (Lipinski definition) is 4. The van der Waals surface area contributed by atoms with E-state index in [1.54, 1.807) is 7.11 Å². The molecule has 0 radical (unpaired) electrons. The van der Waals surface area contributed by atoms with Gasteiger partial charge >= 0.3 is 5.97 Å². The van der Waals surface area contributed by atoms with E-state index in [4.69, 9.17) is 9.47 Å². The lowest BCUT2D eigenvalue weighted by Crippen LogP contribution is -2.39. The van der Waals surface area contributed by atoms with Crippen LogP contribution in [0.4, 0.5) is 0 Å². The number of amides is 1. The van der Waals surface area contributed by atoms with E-state index in [9.17, 15) is 14.7 Å². The van der Waals surface area contributed by atoms with Crippen LogP contribution in [0.25, 0.3) is 0 Å². The van der Waals surface area contributed by atoms with Gasteiger partial charge in [-0.2, -0.15) is 0 Å². The number of benzene rings is 1. The molecule has 0 saturated carbocycles. The molecule has 0 bridgehead atoms. The van der Waals surface area contributed by atoms with Gasteiger partial charge in [-0.1, -0.05) is 19.1 Å². The lowest BCUT2D eigenvalue weighted by atomic mass is 9.86. The summed E-state index contributed by atoms with van der Waals surface area (Å²) in [5.41, 5.74) is 1.09. The Kier molecular flexibility index (Phi) is 7.91. The summed E-state index contributed by atoms with van der Waals surface area (Å²) in [6, 6.07) is 7.73. The fourth-order valence-corrected chi connectivity index (χ4v) is 3.47. The Morgan fingerprint density at radius 2 is 1.92 bits per heavy atom. The Bertz CT molecular complexity index is 580. The summed E-state index contributed by atoms with van der Waals surface area (Å²) in [4.78, 5) is 23.9. The number of ether oxygens (including phenoxy) is 2. The zero-order valence-electron chi connectivity index (χ0n) is 15.6. The van der Waals surface area contributed by atoms with Crippen LogP contribution >= 0.6 is 0 Å². The van der Waals surface area contributed by atoms with Crippen LogP contribution in [-0.4, -0.2) is 43.9 Å². The van der Waals surface area contributed by atoms with Gasteiger partial charge in [0.25, 0.3) is 0 Å². The molecule has 1 aromatic rings. The lowest BCUT2D eigenvalue weighted by Gasteiger charge is -2.27. The standard InChI is InChI=1S/C20H29NO5/c1-3-14(15-4-6-17(25-2)7-5-15)12-19(22)21-13-18(20(23)24)16-8-10-26-11-9-16/h4-7,14,16,18H,3,8-13H2,1-2H3,(H,21,22)(H,23,24). The van der Waals surface area contributed by atoms with Crippen molar-refractivity contribution < 1.29 is 24.2 Å². The summed E-state index contributed by atoms with van der Waals surface area (Å²) >= 11 is 0. The molecule has 2 rings (SSSR count). The third kappa shape index (κ3) is 5.73. The van der Waals surface area contributed by atoms with E-state index in [1.165, 1.54) is 0 Å². The van der Waals surface area contributed by atoms with E-state index in [0.29, 0.717) is 19.6 Å². The second-order valence-electron chi connectivity index (χ2n) is 6.78. The molecule has 2 atom stereocenters. The van der Waals surface area contributed by atoms with Gasteiger partial charge < -0.3 is 19.9 Å². The number of carboxylic acid groups (broad SMARTS) is 1. The van der Waals surface area contributed by atoms with E-state index in [0.717, 1.165) is 30.6 Å². The summed E-state index contributed by atoms with van der Waals surface area (Å²) in [5, 5.41) is 12.3. The molecule has 0 aromatic heterocycles. The zero-order valence-corrected chi connectivity index (χ0v) is 15.6. The molecule has 26 heavy (non-hydrogen) atoms. The van der Waals surface area contributed by atoms with E-state index in [-0.39, 0.29) is 24.3 Å². The first-order chi connectivity index (χ1) is 12.5. The van der Waals surface area contributed by atoms with Crippen LogP contribution in [-0.2, 0) is 14.3 Å². The first-order valence-electron chi connectivity index (χ1n) is 9.26. The third-order valence-electron chi connectivity index (χ3n) is 5.18. The van der Waals surface area contributed by atoms with E-state index >= 15 is 0 Å². The summed E-state index contributed by atoms with van der Waals surface area (Å²) < 4.78 is 10.5. The van der Waals surface area contributed by atoms with E-state index in [2.05, 4.69) is 5.32 Å². The van der Waals surface area contributed by atoms with Gasteiger partial charge in [0.1, 0.15) is 5.75 Å². The smallest absolute Gasteiger partial charge is 0.308 e. The molecule has 1 aliphatic heterocycles. The predicted molar refractivity (Wildman–Crippen MR) is 98.3 cm³/mol. The van der Waals surface area contributed by atoms with Gasteiger partial charge in [0.05, 0.1) is 13.0 Å². The van der Waals surface area contributed by atoms with Crippen LogP contribution in [0.2, 0.25) is 0 Å². The van der Waals surface area contributed by atoms with Gasteiger partial charge in [0, 0.05) is 26.2 Å². The molecule has 1 aliphatic rings. The van der Waals surface area contributed by atoms with E-state index in [1.807, 2.05) is 31.2 Å². The Hall–Kier alpha value is -2.08. The Labute approximate surface area is 154 Å². The first kappa shape index (κ1) is 20.2. The second kappa shape index (κ2) is 10.2. The van der Waals surface area contributed by atoms with Gasteiger partial charge in [-0.25, -0.2) is 0 Å². The highest BCUT2D eigenvalue weighted by atomic mass is 16.5. The normalized spacial score (nSPS) is 17.3. The van der Waals surface area contributed by atoms with Crippen molar-refractivity contribution in [2.24, 2.45) is 11.8 Å². The van der Waals surface area contributed by atoms with Gasteiger partial charge in [0.2, 0.25) is 5.91 Å². The fourth-order valence-electron chi connectivity index (χ4n) is 3.47. The number of aliphatic carboxylic acids is 1. The van der Waals surface area contributed by atoms with Crippen LogP contribution in [0.15, 0.2) is 24.3 Å². The maximum Gasteiger partial charge on any atom is 0.308 e. The summed E-state index contributed by atoms with van der Waals surface area (Å²) in [6.45, 7) is 3.41. The highest BCUT2D eigenvalue weighted by molar-refractivity contribution is 5.78. The molecule has 6 heteroatoms. The second-order valence-corrected chi connectivity index (χ2v) is 6.78. The monoisotopic (exact) mass is 363 g/mol. The molecule has 2 unspecified atom stereocenters. The minimum Gasteiger partial charge on any atom is -0.497 e. The summed E-state index contributed by atoms with van der Waals surface area (Å²) in [5.74, 6) is -0.555. The Morgan fingerprint density at radius 3 is 2.46 bits per heavy atom. The quantitative estimate of drug-likeness (QED) is 0.705. The molecule has 6 nitrogen and oxygen atoms in total. The van der Waals surface area contributed by atoms with E-state index < -0.39 is 11.9 Å². The van der Waals surface area contributed by atoms with Gasteiger partial charge in [-0.05, 0) is 48.8 Å². The van der Waals surface area contributed by atoms with Crippen molar-refractivity contribution in [1.82, 2.24) is 5.32 Å². The maximum atomic E-state index is 12.4. The number of carbonyl (C=O) groups excluding carboxylic acids is 1. The number of nitrogens with one attached hydrogen (secondary N) is 1. The highest BCUT2D eigenvalue weighted by Gasteiger charge is 2.30. The number of carboxylic acids is 1. The van der Waals surface area contributed by atoms with Crippen molar-refractivity contribution in [2.45, 2.75) is 38.5 Å². The maximum absolute atomic E-state index is 12.4. The minimum absolute atomic E-state index is 0.0603. The minimum atomic E-state index is -0.848. The van der Waals surface area contributed by atoms with Gasteiger partial charge in [-0.15, -0.1) is 0 Å². The molecular weight excluding hydrogens is 334 g/mol. The van der Waals surface area contributed by atoms with Crippen LogP contribution in [0, 0.1) is 11.8 Å². The molecule has 0 aliphatic carbocycles. The van der Waals surface area contributed by atoms with Crippen molar-refractivity contribution in [2.75, 3.05) is 26.9 Å². The van der Waals surface area contributed by atoms with Gasteiger partial charge in [0.15, 0.2) is 0 Å². The lowest BCUT2D eigenvalue weighted by molar-refractivity contribution is -0.145. The average Bonchev–Trinajstić information content (AvgIpc) is 2.67. The first-order valence-corrected chi connectivity index (χ1v) is 9.26. The SMILES string of the molecule is CCC(CC(=O)NCC(C(=O)O)C1CCOCC1)c1ccc(OC)cc1. The van der Waals surface area contributed by atoms with Crippen LogP contribution in [0.5, 0.6) is 5.75 Å². The molecule has 2 N–H and O–H groups in total. The average molecular weight is 363 g/mol. The summed E-state index contributed by atoms with van der Waals surface area (Å²) in [7, 11) is 1.62. The molecule has 1 fully saturated rings. The van der Waals surface area contributed by atoms with Crippen molar-refractivity contribution in [3.05, 3.63) is 29.8 Å². The number of methoxy groups -OCH3 is 1. The molecule has 0 spiro atoms. The predicted octanol–water partition coefficient (Wildman–Crippen LogP) is 2.82. The number of hydrogen-bond donors (Lipinski definition) is 2. The van der Waals surface area contributed by atoms with Gasteiger partial charge in [-0.3, -0.25) is 9.59 Å². The number of carbonyl (C=O) groups is 2. The third-order valence-corrected chi connectivity index (χ3v) is 5.18. The van der Waals surface area contributed by atoms with Crippen molar-refractivity contribution in [1.29, 1.82) is 0 Å². The molecule has 1 amide bonds. The summed E-state index contributed by atoms with van der Waals surface area (Å²) in [6.07, 6.45) is 2.65. The zero-order chi connectivity index (χ0) is 18.9.